The van der Waals surface area contributed by atoms with Crippen molar-refractivity contribution in [2.24, 2.45) is 4.99 Å². The lowest BCUT2D eigenvalue weighted by Crippen LogP contribution is -2.49. The maximum Gasteiger partial charge on any atom is 0.195 e. The molecular formula is C27H31FN4O. The van der Waals surface area contributed by atoms with Crippen molar-refractivity contribution in [1.82, 2.24) is 9.88 Å². The minimum atomic E-state index is -0.460. The molecule has 5 rings (SSSR count). The molecule has 1 fully saturated rings. The fourth-order valence-electron chi connectivity index (χ4n) is 5.40. The summed E-state index contributed by atoms with van der Waals surface area (Å²) in [4.78, 5) is 25.7. The summed E-state index contributed by atoms with van der Waals surface area (Å²) in [5, 5.41) is 0.633. The molecule has 0 atom stereocenters. The molecule has 0 unspecified atom stereocenters. The fourth-order valence-corrected chi connectivity index (χ4v) is 5.40. The molecule has 1 aliphatic carbocycles. The number of piperazine rings is 1. The van der Waals surface area contributed by atoms with Crippen molar-refractivity contribution in [2.75, 3.05) is 38.1 Å². The number of H-pyrrole nitrogens is 1. The van der Waals surface area contributed by atoms with Gasteiger partial charge in [0.25, 0.3) is 0 Å². The minimum Gasteiger partial charge on any atom is -0.369 e. The van der Waals surface area contributed by atoms with Crippen molar-refractivity contribution in [1.29, 1.82) is 0 Å². The topological polar surface area (TPSA) is 51.7 Å². The smallest absolute Gasteiger partial charge is 0.195 e. The largest absolute Gasteiger partial charge is 0.369 e. The predicted molar refractivity (Wildman–Crippen MR) is 133 cm³/mol. The number of hydrogen-bond donors (Lipinski definition) is 1. The Balaban J connectivity index is 1.58. The van der Waals surface area contributed by atoms with Crippen LogP contribution in [0.4, 0.5) is 10.1 Å². The molecule has 5 nitrogen and oxygen atoms in total. The van der Waals surface area contributed by atoms with E-state index in [1.807, 2.05) is 12.1 Å². The van der Waals surface area contributed by atoms with E-state index in [1.54, 1.807) is 13.1 Å². The second-order valence-corrected chi connectivity index (χ2v) is 9.95. The monoisotopic (exact) mass is 446 g/mol. The third-order valence-electron chi connectivity index (χ3n) is 7.39. The van der Waals surface area contributed by atoms with Crippen LogP contribution < -0.4 is 4.90 Å². The number of aliphatic imine (C=N–C) groups is 1. The van der Waals surface area contributed by atoms with Crippen LogP contribution in [0, 0.1) is 5.82 Å². The average molecular weight is 447 g/mol. The van der Waals surface area contributed by atoms with Crippen molar-refractivity contribution in [3.8, 4) is 0 Å². The molecule has 6 heteroatoms. The molecule has 0 spiro atoms. The van der Waals surface area contributed by atoms with E-state index in [-0.39, 0.29) is 11.6 Å². The molecule has 3 aromatic rings. The standard InChI is InChI=1S/C27H31FN4O/c1-16(2)31-10-12-32(13-11-31)18-7-9-19-21(14-18)27(3,4)26-22(25(19)33)20-8-6-17(15-29-5)23(28)24(20)30-26/h6-9,14-16,30H,10-13H2,1-5H3/b29-15+. The van der Waals surface area contributed by atoms with Crippen LogP contribution in [-0.2, 0) is 5.41 Å². The van der Waals surface area contributed by atoms with Gasteiger partial charge in [-0.2, -0.15) is 0 Å². The first-order valence-corrected chi connectivity index (χ1v) is 11.7. The number of hydrogen-bond acceptors (Lipinski definition) is 4. The molecule has 1 saturated heterocycles. The summed E-state index contributed by atoms with van der Waals surface area (Å²) in [5.41, 5.74) is 4.53. The Morgan fingerprint density at radius 2 is 1.85 bits per heavy atom. The van der Waals surface area contributed by atoms with Gasteiger partial charge in [0.15, 0.2) is 11.6 Å². The Hall–Kier alpha value is -2.99. The zero-order valence-electron chi connectivity index (χ0n) is 20.0. The molecule has 2 aliphatic rings. The third kappa shape index (κ3) is 3.31. The molecule has 1 aliphatic heterocycles. The van der Waals surface area contributed by atoms with E-state index >= 15 is 4.39 Å². The Labute approximate surface area is 194 Å². The molecule has 172 valence electrons. The van der Waals surface area contributed by atoms with E-state index < -0.39 is 5.41 Å². The zero-order valence-corrected chi connectivity index (χ0v) is 20.0. The maximum atomic E-state index is 15.2. The number of halogens is 1. The van der Waals surface area contributed by atoms with Gasteiger partial charge in [-0.1, -0.05) is 19.9 Å². The SMILES string of the molecule is C/N=C/c1ccc2c3c([nH]c2c1F)C(C)(C)c1cc(N2CCN(C(C)C)CC2)ccc1C3=O. The van der Waals surface area contributed by atoms with E-state index in [4.69, 9.17) is 0 Å². The summed E-state index contributed by atoms with van der Waals surface area (Å²) < 4.78 is 15.2. The van der Waals surface area contributed by atoms with E-state index in [0.29, 0.717) is 33.6 Å². The summed E-state index contributed by atoms with van der Waals surface area (Å²) in [6.45, 7) is 12.7. The lowest BCUT2D eigenvalue weighted by atomic mass is 9.71. The van der Waals surface area contributed by atoms with Crippen LogP contribution in [0.2, 0.25) is 0 Å². The normalized spacial score (nSPS) is 18.4. The van der Waals surface area contributed by atoms with Crippen LogP contribution in [0.5, 0.6) is 0 Å². The minimum absolute atomic E-state index is 0.0435. The molecule has 33 heavy (non-hydrogen) atoms. The first-order valence-electron chi connectivity index (χ1n) is 11.7. The van der Waals surface area contributed by atoms with Gasteiger partial charge >= 0.3 is 0 Å². The van der Waals surface area contributed by atoms with E-state index in [1.165, 1.54) is 6.21 Å². The number of anilines is 1. The molecule has 0 saturated carbocycles. The van der Waals surface area contributed by atoms with Crippen LogP contribution in [0.25, 0.3) is 10.9 Å². The Bertz CT molecular complexity index is 1280. The van der Waals surface area contributed by atoms with Crippen molar-refractivity contribution in [3.63, 3.8) is 0 Å². The highest BCUT2D eigenvalue weighted by atomic mass is 19.1. The zero-order chi connectivity index (χ0) is 23.5. The highest BCUT2D eigenvalue weighted by Crippen LogP contribution is 2.45. The first kappa shape index (κ1) is 21.8. The molecule has 2 aromatic carbocycles. The van der Waals surface area contributed by atoms with Crippen LogP contribution in [-0.4, -0.2) is 61.2 Å². The van der Waals surface area contributed by atoms with Gasteiger partial charge in [-0.15, -0.1) is 0 Å². The fraction of sp³-hybridized carbons (Fsp3) is 0.407. The van der Waals surface area contributed by atoms with Crippen LogP contribution in [0.1, 0.15) is 60.4 Å². The number of rotatable bonds is 3. The van der Waals surface area contributed by atoms with Crippen molar-refractivity contribution in [2.45, 2.75) is 39.2 Å². The second-order valence-electron chi connectivity index (χ2n) is 9.95. The van der Waals surface area contributed by atoms with E-state index in [0.717, 1.165) is 43.1 Å². The lowest BCUT2D eigenvalue weighted by Gasteiger charge is -2.39. The van der Waals surface area contributed by atoms with Crippen molar-refractivity contribution >= 4 is 28.6 Å². The van der Waals surface area contributed by atoms with Gasteiger partial charge in [-0.05, 0) is 43.7 Å². The molecule has 0 amide bonds. The Morgan fingerprint density at radius 1 is 1.12 bits per heavy atom. The molecular weight excluding hydrogens is 415 g/mol. The van der Waals surface area contributed by atoms with Gasteiger partial charge in [0.05, 0.1) is 11.1 Å². The van der Waals surface area contributed by atoms with Crippen LogP contribution in [0.3, 0.4) is 0 Å². The number of aromatic amines is 1. The molecule has 2 heterocycles. The number of carbonyl (C=O) groups is 1. The quantitative estimate of drug-likeness (QED) is 0.591. The molecule has 1 aromatic heterocycles. The Kier molecular flexibility index (Phi) is 5.16. The Morgan fingerprint density at radius 3 is 2.52 bits per heavy atom. The summed E-state index contributed by atoms with van der Waals surface area (Å²) in [7, 11) is 1.62. The highest BCUT2D eigenvalue weighted by molar-refractivity contribution is 6.20. The number of nitrogens with one attached hydrogen (secondary N) is 1. The number of nitrogens with zero attached hydrogens (tertiary/aromatic N) is 3. The van der Waals surface area contributed by atoms with E-state index in [9.17, 15) is 4.79 Å². The van der Waals surface area contributed by atoms with E-state index in [2.05, 4.69) is 59.6 Å². The number of ketones is 1. The van der Waals surface area contributed by atoms with Crippen LogP contribution in [0.15, 0.2) is 35.3 Å². The van der Waals surface area contributed by atoms with Gasteiger partial charge in [0.1, 0.15) is 0 Å². The number of carbonyl (C=O) groups excluding carboxylic acids is 1. The van der Waals surface area contributed by atoms with Gasteiger partial charge in [-0.25, -0.2) is 4.39 Å². The number of fused-ring (bicyclic) bond motifs is 4. The van der Waals surface area contributed by atoms with Gasteiger partial charge < -0.3 is 9.88 Å². The molecule has 1 N–H and O–H groups in total. The summed E-state index contributed by atoms with van der Waals surface area (Å²) in [5.74, 6) is -0.415. The highest BCUT2D eigenvalue weighted by Gasteiger charge is 2.40. The first-order chi connectivity index (χ1) is 15.7. The summed E-state index contributed by atoms with van der Waals surface area (Å²) in [6.07, 6.45) is 1.50. The summed E-state index contributed by atoms with van der Waals surface area (Å²) in [6, 6.07) is 10.3. The van der Waals surface area contributed by atoms with Gasteiger partial charge in [0.2, 0.25) is 0 Å². The predicted octanol–water partition coefficient (Wildman–Crippen LogP) is 4.76. The second kappa shape index (κ2) is 7.80. The summed E-state index contributed by atoms with van der Waals surface area (Å²) >= 11 is 0. The molecule has 0 radical (unpaired) electrons. The average Bonchev–Trinajstić information content (AvgIpc) is 3.21. The number of aromatic nitrogens is 1. The number of benzene rings is 2. The lowest BCUT2D eigenvalue weighted by molar-refractivity contribution is 0.103. The van der Waals surface area contributed by atoms with Gasteiger partial charge in [-0.3, -0.25) is 14.7 Å². The van der Waals surface area contributed by atoms with Gasteiger partial charge in [0, 0.05) is 78.8 Å². The third-order valence-corrected chi connectivity index (χ3v) is 7.39. The maximum absolute atomic E-state index is 15.2. The molecule has 0 bridgehead atoms. The van der Waals surface area contributed by atoms with Crippen molar-refractivity contribution < 1.29 is 9.18 Å². The van der Waals surface area contributed by atoms with Crippen LogP contribution >= 0.6 is 0 Å². The van der Waals surface area contributed by atoms with Crippen molar-refractivity contribution in [3.05, 3.63) is 64.1 Å².